The fourth-order valence-corrected chi connectivity index (χ4v) is 1.21. The highest BCUT2D eigenvalue weighted by Gasteiger charge is 2.04. The first-order valence-corrected chi connectivity index (χ1v) is 4.69. The Hall–Kier alpha value is -1.81. The zero-order chi connectivity index (χ0) is 11.8. The van der Waals surface area contributed by atoms with Gasteiger partial charge in [0.2, 0.25) is 0 Å². The van der Waals surface area contributed by atoms with Crippen molar-refractivity contribution in [1.82, 2.24) is 0 Å². The average molecular weight is 219 g/mol. The molecule has 0 atom stereocenters. The normalized spacial score (nSPS) is 11.3. The molecule has 0 spiro atoms. The molecule has 5 heteroatoms. The van der Waals surface area contributed by atoms with Crippen molar-refractivity contribution < 1.29 is 9.47 Å². The highest BCUT2D eigenvalue weighted by atomic mass is 16.7. The van der Waals surface area contributed by atoms with Gasteiger partial charge in [0, 0.05) is 24.8 Å². The first kappa shape index (κ1) is 12.3. The Labute approximate surface area is 93.9 Å². The van der Waals surface area contributed by atoms with E-state index >= 15 is 0 Å². The van der Waals surface area contributed by atoms with Gasteiger partial charge < -0.3 is 9.47 Å². The SMILES string of the molecule is COC(/C=C(\N=[N+]=[N-])c1ccccc1)OC. The van der Waals surface area contributed by atoms with Crippen LogP contribution in [-0.2, 0) is 9.47 Å². The molecule has 0 amide bonds. The summed E-state index contributed by atoms with van der Waals surface area (Å²) in [6, 6.07) is 9.32. The number of rotatable bonds is 5. The molecule has 1 rings (SSSR count). The van der Waals surface area contributed by atoms with E-state index in [9.17, 15) is 0 Å². The third-order valence-corrected chi connectivity index (χ3v) is 1.98. The van der Waals surface area contributed by atoms with Crippen LogP contribution >= 0.6 is 0 Å². The van der Waals surface area contributed by atoms with E-state index < -0.39 is 6.29 Å². The molecular weight excluding hydrogens is 206 g/mol. The van der Waals surface area contributed by atoms with Gasteiger partial charge in [-0.3, -0.25) is 0 Å². The Kier molecular flexibility index (Phi) is 5.08. The van der Waals surface area contributed by atoms with Crippen molar-refractivity contribution in [3.63, 3.8) is 0 Å². The molecule has 0 aliphatic carbocycles. The number of nitrogens with zero attached hydrogens (tertiary/aromatic N) is 3. The molecule has 0 heterocycles. The second-order valence-electron chi connectivity index (χ2n) is 2.95. The van der Waals surface area contributed by atoms with E-state index in [1.807, 2.05) is 30.3 Å². The molecule has 0 aliphatic rings. The summed E-state index contributed by atoms with van der Waals surface area (Å²) < 4.78 is 10.0. The molecule has 0 saturated heterocycles. The van der Waals surface area contributed by atoms with Crippen molar-refractivity contribution in [2.24, 2.45) is 5.11 Å². The lowest BCUT2D eigenvalue weighted by Crippen LogP contribution is -2.09. The van der Waals surface area contributed by atoms with Crippen molar-refractivity contribution in [3.05, 3.63) is 52.4 Å². The number of benzene rings is 1. The van der Waals surface area contributed by atoms with Crippen LogP contribution in [0.15, 0.2) is 41.5 Å². The van der Waals surface area contributed by atoms with Crippen molar-refractivity contribution in [1.29, 1.82) is 0 Å². The molecule has 0 aromatic heterocycles. The van der Waals surface area contributed by atoms with Crippen LogP contribution in [0.3, 0.4) is 0 Å². The van der Waals surface area contributed by atoms with Crippen molar-refractivity contribution in [2.45, 2.75) is 6.29 Å². The minimum atomic E-state index is -0.527. The van der Waals surface area contributed by atoms with Crippen LogP contribution in [0.1, 0.15) is 5.56 Å². The van der Waals surface area contributed by atoms with Gasteiger partial charge in [0.1, 0.15) is 0 Å². The largest absolute Gasteiger partial charge is 0.352 e. The molecule has 84 valence electrons. The summed E-state index contributed by atoms with van der Waals surface area (Å²) in [5.41, 5.74) is 9.79. The lowest BCUT2D eigenvalue weighted by molar-refractivity contribution is -0.0663. The average Bonchev–Trinajstić information content (AvgIpc) is 2.35. The highest BCUT2D eigenvalue weighted by Crippen LogP contribution is 2.17. The van der Waals surface area contributed by atoms with Gasteiger partial charge in [-0.05, 0) is 17.2 Å². The Bertz CT molecular complexity index is 393. The van der Waals surface area contributed by atoms with E-state index in [4.69, 9.17) is 15.0 Å². The Morgan fingerprint density at radius 1 is 1.31 bits per heavy atom. The maximum absolute atomic E-state index is 8.49. The molecular formula is C11H13N3O2. The summed E-state index contributed by atoms with van der Waals surface area (Å²) in [5.74, 6) is 0. The lowest BCUT2D eigenvalue weighted by Gasteiger charge is -2.10. The minimum Gasteiger partial charge on any atom is -0.352 e. The summed E-state index contributed by atoms with van der Waals surface area (Å²) in [6.07, 6.45) is 1.09. The zero-order valence-corrected chi connectivity index (χ0v) is 9.20. The first-order valence-electron chi connectivity index (χ1n) is 4.69. The third-order valence-electron chi connectivity index (χ3n) is 1.98. The van der Waals surface area contributed by atoms with E-state index in [2.05, 4.69) is 10.0 Å². The van der Waals surface area contributed by atoms with Crippen LogP contribution in [0.2, 0.25) is 0 Å². The molecule has 0 N–H and O–H groups in total. The number of hydrogen-bond acceptors (Lipinski definition) is 3. The molecule has 0 saturated carbocycles. The van der Waals surface area contributed by atoms with Crippen LogP contribution in [0.4, 0.5) is 0 Å². The van der Waals surface area contributed by atoms with Gasteiger partial charge in [0.25, 0.3) is 0 Å². The summed E-state index contributed by atoms with van der Waals surface area (Å²) >= 11 is 0. The standard InChI is InChI=1S/C11H13N3O2/c1-15-11(16-2)8-10(13-14-12)9-6-4-3-5-7-9/h3-8,11H,1-2H3/b10-8-. The van der Waals surface area contributed by atoms with Gasteiger partial charge in [-0.1, -0.05) is 35.4 Å². The van der Waals surface area contributed by atoms with Crippen molar-refractivity contribution >= 4 is 5.70 Å². The van der Waals surface area contributed by atoms with E-state index in [1.165, 1.54) is 14.2 Å². The summed E-state index contributed by atoms with van der Waals surface area (Å²) in [7, 11) is 3.03. The number of hydrogen-bond donors (Lipinski definition) is 0. The third kappa shape index (κ3) is 3.40. The van der Waals surface area contributed by atoms with Gasteiger partial charge >= 0.3 is 0 Å². The number of ether oxygens (including phenoxy) is 2. The molecule has 0 unspecified atom stereocenters. The fraction of sp³-hybridized carbons (Fsp3) is 0.273. The highest BCUT2D eigenvalue weighted by molar-refractivity contribution is 5.64. The topological polar surface area (TPSA) is 67.2 Å². The molecule has 5 nitrogen and oxygen atoms in total. The van der Waals surface area contributed by atoms with Crippen molar-refractivity contribution in [3.8, 4) is 0 Å². The maximum Gasteiger partial charge on any atom is 0.176 e. The quantitative estimate of drug-likeness (QED) is 0.330. The van der Waals surface area contributed by atoms with E-state index in [-0.39, 0.29) is 0 Å². The Morgan fingerprint density at radius 3 is 2.44 bits per heavy atom. The number of methoxy groups -OCH3 is 2. The number of azide groups is 1. The van der Waals surface area contributed by atoms with Crippen LogP contribution in [-0.4, -0.2) is 20.5 Å². The van der Waals surface area contributed by atoms with Gasteiger partial charge in [-0.15, -0.1) is 0 Å². The van der Waals surface area contributed by atoms with Crippen LogP contribution in [0.25, 0.3) is 16.1 Å². The van der Waals surface area contributed by atoms with Crippen molar-refractivity contribution in [2.75, 3.05) is 14.2 Å². The Balaban J connectivity index is 3.04. The predicted octanol–water partition coefficient (Wildman–Crippen LogP) is 2.96. The van der Waals surface area contributed by atoms with E-state index in [0.717, 1.165) is 5.56 Å². The maximum atomic E-state index is 8.49. The zero-order valence-electron chi connectivity index (χ0n) is 9.20. The summed E-state index contributed by atoms with van der Waals surface area (Å²) in [6.45, 7) is 0. The molecule has 0 fully saturated rings. The first-order chi connectivity index (χ1) is 7.81. The van der Waals surface area contributed by atoms with Crippen LogP contribution < -0.4 is 0 Å². The van der Waals surface area contributed by atoms with Gasteiger partial charge in [0.15, 0.2) is 6.29 Å². The molecule has 0 radical (unpaired) electrons. The lowest BCUT2D eigenvalue weighted by atomic mass is 10.1. The Morgan fingerprint density at radius 2 is 1.94 bits per heavy atom. The molecule has 16 heavy (non-hydrogen) atoms. The smallest absolute Gasteiger partial charge is 0.176 e. The van der Waals surface area contributed by atoms with Gasteiger partial charge in [-0.25, -0.2) is 0 Å². The van der Waals surface area contributed by atoms with Crippen LogP contribution in [0.5, 0.6) is 0 Å². The predicted molar refractivity (Wildman–Crippen MR) is 61.4 cm³/mol. The van der Waals surface area contributed by atoms with Gasteiger partial charge in [0.05, 0.1) is 0 Å². The molecule has 0 aliphatic heterocycles. The fourth-order valence-electron chi connectivity index (χ4n) is 1.21. The minimum absolute atomic E-state index is 0.483. The summed E-state index contributed by atoms with van der Waals surface area (Å²) in [4.78, 5) is 2.78. The second-order valence-corrected chi connectivity index (χ2v) is 2.95. The summed E-state index contributed by atoms with van der Waals surface area (Å²) in [5, 5.41) is 3.61. The van der Waals surface area contributed by atoms with Gasteiger partial charge in [-0.2, -0.15) is 0 Å². The molecule has 0 bridgehead atoms. The van der Waals surface area contributed by atoms with E-state index in [1.54, 1.807) is 6.08 Å². The monoisotopic (exact) mass is 219 g/mol. The molecule has 1 aromatic rings. The second kappa shape index (κ2) is 6.63. The molecule has 1 aromatic carbocycles. The van der Waals surface area contributed by atoms with E-state index in [0.29, 0.717) is 5.70 Å². The van der Waals surface area contributed by atoms with Crippen LogP contribution in [0, 0.1) is 0 Å².